The Kier molecular flexibility index (Phi) is 7.43. The fraction of sp³-hybridized carbons (Fsp3) is 0.304. The molecule has 32 heavy (non-hydrogen) atoms. The molecule has 0 fully saturated rings. The first-order valence-corrected chi connectivity index (χ1v) is 10.3. The van der Waals surface area contributed by atoms with Crippen molar-refractivity contribution in [2.75, 3.05) is 13.2 Å². The number of hydrogen-bond acceptors (Lipinski definition) is 6. The molecule has 3 rings (SSSR count). The van der Waals surface area contributed by atoms with Crippen LogP contribution >= 0.6 is 0 Å². The third-order valence-corrected chi connectivity index (χ3v) is 4.86. The lowest BCUT2D eigenvalue weighted by Crippen LogP contribution is -2.27. The van der Waals surface area contributed by atoms with Gasteiger partial charge in [-0.15, -0.1) is 0 Å². The summed E-state index contributed by atoms with van der Waals surface area (Å²) < 4.78 is 12.7. The molecule has 1 amide bonds. The van der Waals surface area contributed by atoms with Crippen LogP contribution in [0.5, 0.6) is 11.5 Å². The number of amides is 1. The number of carbonyl (C=O) groups is 1. The van der Waals surface area contributed by atoms with E-state index in [4.69, 9.17) is 9.47 Å². The zero-order valence-electron chi connectivity index (χ0n) is 18.3. The quantitative estimate of drug-likeness (QED) is 0.381. The molecule has 0 saturated carbocycles. The fourth-order valence-corrected chi connectivity index (χ4v) is 3.31. The van der Waals surface area contributed by atoms with Crippen molar-refractivity contribution in [1.29, 1.82) is 0 Å². The third kappa shape index (κ3) is 5.63. The van der Waals surface area contributed by atoms with Gasteiger partial charge in [0, 0.05) is 12.1 Å². The molecular formula is C23H26N4O5. The van der Waals surface area contributed by atoms with Crippen molar-refractivity contribution in [1.82, 2.24) is 15.1 Å². The van der Waals surface area contributed by atoms with Gasteiger partial charge in [0.2, 0.25) is 0 Å². The molecule has 9 heteroatoms. The second-order valence-corrected chi connectivity index (χ2v) is 7.15. The summed E-state index contributed by atoms with van der Waals surface area (Å²) in [6, 6.07) is 14.6. The maximum Gasteiger partial charge on any atom is 0.312 e. The van der Waals surface area contributed by atoms with E-state index in [2.05, 4.69) is 10.4 Å². The van der Waals surface area contributed by atoms with Gasteiger partial charge in [-0.3, -0.25) is 19.6 Å². The number of nitrogens with one attached hydrogen (secondary N) is 1. The molecule has 0 aliphatic rings. The normalized spacial score (nSPS) is 10.6. The van der Waals surface area contributed by atoms with Gasteiger partial charge in [0.15, 0.2) is 0 Å². The van der Waals surface area contributed by atoms with Gasteiger partial charge in [0.05, 0.1) is 18.1 Å². The highest BCUT2D eigenvalue weighted by atomic mass is 16.6. The highest BCUT2D eigenvalue weighted by molar-refractivity contribution is 5.94. The Labute approximate surface area is 186 Å². The van der Waals surface area contributed by atoms with Crippen LogP contribution in [0.4, 0.5) is 5.69 Å². The minimum atomic E-state index is -0.437. The van der Waals surface area contributed by atoms with Crippen LogP contribution in [0.3, 0.4) is 0 Å². The Morgan fingerprint density at radius 3 is 2.44 bits per heavy atom. The third-order valence-electron chi connectivity index (χ3n) is 4.86. The van der Waals surface area contributed by atoms with Gasteiger partial charge >= 0.3 is 5.69 Å². The van der Waals surface area contributed by atoms with Gasteiger partial charge < -0.3 is 14.8 Å². The first-order chi connectivity index (χ1) is 15.4. The molecule has 3 aromatic rings. The molecule has 0 bridgehead atoms. The van der Waals surface area contributed by atoms with Crippen molar-refractivity contribution in [3.05, 3.63) is 81.2 Å². The van der Waals surface area contributed by atoms with Crippen molar-refractivity contribution in [2.24, 2.45) is 0 Å². The summed E-state index contributed by atoms with van der Waals surface area (Å²) in [7, 11) is 0. The van der Waals surface area contributed by atoms with Crippen LogP contribution in [0.15, 0.2) is 48.5 Å². The zero-order valence-corrected chi connectivity index (χ0v) is 18.3. The van der Waals surface area contributed by atoms with Crippen LogP contribution in [0.2, 0.25) is 0 Å². The average Bonchev–Trinajstić information content (AvgIpc) is 3.06. The molecule has 0 aliphatic heterocycles. The molecule has 0 unspecified atom stereocenters. The molecule has 9 nitrogen and oxygen atoms in total. The lowest BCUT2D eigenvalue weighted by molar-refractivity contribution is -0.386. The first kappa shape index (κ1) is 22.8. The van der Waals surface area contributed by atoms with Crippen LogP contribution in [-0.2, 0) is 13.2 Å². The van der Waals surface area contributed by atoms with Crippen molar-refractivity contribution >= 4 is 11.6 Å². The summed E-state index contributed by atoms with van der Waals surface area (Å²) in [5.74, 6) is 1.26. The van der Waals surface area contributed by atoms with Crippen LogP contribution in [0.1, 0.15) is 34.2 Å². The Hall–Kier alpha value is -3.88. The summed E-state index contributed by atoms with van der Waals surface area (Å²) in [5, 5.41) is 18.1. The minimum Gasteiger partial charge on any atom is -0.494 e. The molecule has 0 saturated heterocycles. The smallest absolute Gasteiger partial charge is 0.312 e. The molecule has 1 heterocycles. The van der Waals surface area contributed by atoms with Crippen molar-refractivity contribution in [2.45, 2.75) is 33.9 Å². The summed E-state index contributed by atoms with van der Waals surface area (Å²) in [4.78, 5) is 23.2. The SMILES string of the molecule is CCOc1ccc(OCc2cccc(C(=O)NCCn3nc(C)c([N+](=O)[O-])c3C)c2)cc1. The first-order valence-electron chi connectivity index (χ1n) is 10.3. The van der Waals surface area contributed by atoms with E-state index >= 15 is 0 Å². The van der Waals surface area contributed by atoms with E-state index in [9.17, 15) is 14.9 Å². The molecule has 1 N–H and O–H groups in total. The number of aryl methyl sites for hydroxylation is 1. The summed E-state index contributed by atoms with van der Waals surface area (Å²) in [5.41, 5.74) is 2.21. The summed E-state index contributed by atoms with van der Waals surface area (Å²) >= 11 is 0. The molecule has 168 valence electrons. The van der Waals surface area contributed by atoms with E-state index in [0.29, 0.717) is 49.0 Å². The fourth-order valence-electron chi connectivity index (χ4n) is 3.31. The maximum absolute atomic E-state index is 12.5. The predicted octanol–water partition coefficient (Wildman–Crippen LogP) is 3.82. The second-order valence-electron chi connectivity index (χ2n) is 7.15. The van der Waals surface area contributed by atoms with Crippen LogP contribution < -0.4 is 14.8 Å². The molecule has 0 atom stereocenters. The highest BCUT2D eigenvalue weighted by Crippen LogP contribution is 2.21. The lowest BCUT2D eigenvalue weighted by Gasteiger charge is -2.10. The number of carbonyl (C=O) groups excluding carboxylic acids is 1. The Balaban J connectivity index is 1.54. The van der Waals surface area contributed by atoms with Gasteiger partial charge in [0.25, 0.3) is 5.91 Å². The molecule has 0 radical (unpaired) electrons. The van der Waals surface area contributed by atoms with E-state index in [-0.39, 0.29) is 11.6 Å². The molecular weight excluding hydrogens is 412 g/mol. The lowest BCUT2D eigenvalue weighted by atomic mass is 10.1. The standard InChI is InChI=1S/C23H26N4O5/c1-4-31-20-8-10-21(11-9-20)32-15-18-6-5-7-19(14-18)23(28)24-12-13-26-17(3)22(27(29)30)16(2)25-26/h5-11,14H,4,12-13,15H2,1-3H3,(H,24,28). The summed E-state index contributed by atoms with van der Waals surface area (Å²) in [6.07, 6.45) is 0. The predicted molar refractivity (Wildman–Crippen MR) is 119 cm³/mol. The van der Waals surface area contributed by atoms with Gasteiger partial charge in [-0.05, 0) is 62.7 Å². The average molecular weight is 438 g/mol. The monoisotopic (exact) mass is 438 g/mol. The number of benzene rings is 2. The van der Waals surface area contributed by atoms with E-state index in [0.717, 1.165) is 11.3 Å². The van der Waals surface area contributed by atoms with Gasteiger partial charge in [-0.1, -0.05) is 12.1 Å². The number of hydrogen-bond donors (Lipinski definition) is 1. The molecule has 2 aromatic carbocycles. The number of rotatable bonds is 10. The zero-order chi connectivity index (χ0) is 23.1. The minimum absolute atomic E-state index is 0.0107. The largest absolute Gasteiger partial charge is 0.494 e. The van der Waals surface area contributed by atoms with Gasteiger partial charge in [-0.2, -0.15) is 5.10 Å². The Morgan fingerprint density at radius 1 is 1.12 bits per heavy atom. The van der Waals surface area contributed by atoms with Gasteiger partial charge in [0.1, 0.15) is 29.5 Å². The van der Waals surface area contributed by atoms with Crippen molar-refractivity contribution in [3.8, 4) is 11.5 Å². The summed E-state index contributed by atoms with van der Waals surface area (Å²) in [6.45, 7) is 6.74. The van der Waals surface area contributed by atoms with Crippen molar-refractivity contribution < 1.29 is 19.2 Å². The maximum atomic E-state index is 12.5. The molecule has 0 aliphatic carbocycles. The number of aromatic nitrogens is 2. The van der Waals surface area contributed by atoms with E-state index < -0.39 is 4.92 Å². The Bertz CT molecular complexity index is 1090. The Morgan fingerprint density at radius 2 is 1.81 bits per heavy atom. The van der Waals surface area contributed by atoms with E-state index in [1.807, 2.05) is 37.3 Å². The van der Waals surface area contributed by atoms with Crippen LogP contribution in [0, 0.1) is 24.0 Å². The highest BCUT2D eigenvalue weighted by Gasteiger charge is 2.21. The topological polar surface area (TPSA) is 109 Å². The number of ether oxygens (including phenoxy) is 2. The number of nitro groups is 1. The van der Waals surface area contributed by atoms with E-state index in [1.54, 1.807) is 32.0 Å². The second kappa shape index (κ2) is 10.4. The van der Waals surface area contributed by atoms with Crippen molar-refractivity contribution in [3.63, 3.8) is 0 Å². The molecule has 1 aromatic heterocycles. The molecule has 0 spiro atoms. The van der Waals surface area contributed by atoms with Crippen LogP contribution in [-0.4, -0.2) is 33.8 Å². The van der Waals surface area contributed by atoms with E-state index in [1.165, 1.54) is 4.68 Å². The van der Waals surface area contributed by atoms with Gasteiger partial charge in [-0.25, -0.2) is 0 Å². The van der Waals surface area contributed by atoms with Crippen LogP contribution in [0.25, 0.3) is 0 Å². The number of nitrogens with zero attached hydrogens (tertiary/aromatic N) is 3.